The fourth-order valence-corrected chi connectivity index (χ4v) is 3.33. The highest BCUT2D eigenvalue weighted by molar-refractivity contribution is 7.89. The summed E-state index contributed by atoms with van der Waals surface area (Å²) in [6, 6.07) is 2.12. The molecule has 0 bridgehead atoms. The Balaban J connectivity index is 2.53. The third-order valence-electron chi connectivity index (χ3n) is 3.88. The van der Waals surface area contributed by atoms with Gasteiger partial charge in [0, 0.05) is 12.1 Å². The van der Waals surface area contributed by atoms with Gasteiger partial charge in [0.25, 0.3) is 5.69 Å². The molecule has 1 aliphatic rings. The van der Waals surface area contributed by atoms with Gasteiger partial charge in [-0.05, 0) is 38.1 Å². The second-order valence-electron chi connectivity index (χ2n) is 5.68. The number of anilines is 1. The topological polar surface area (TPSA) is 119 Å². The van der Waals surface area contributed by atoms with E-state index in [-0.39, 0.29) is 5.69 Å². The van der Waals surface area contributed by atoms with E-state index in [0.717, 1.165) is 17.0 Å². The molecule has 140 valence electrons. The van der Waals surface area contributed by atoms with Crippen LogP contribution in [0.2, 0.25) is 0 Å². The second-order valence-corrected chi connectivity index (χ2v) is 7.24. The largest absolute Gasteiger partial charge is 0.405 e. The van der Waals surface area contributed by atoms with Crippen LogP contribution in [0.4, 0.5) is 24.5 Å². The monoisotopic (exact) mass is 382 g/mol. The first kappa shape index (κ1) is 19.4. The summed E-state index contributed by atoms with van der Waals surface area (Å²) in [7, 11) is -4.22. The summed E-state index contributed by atoms with van der Waals surface area (Å²) >= 11 is 0. The first-order valence-electron chi connectivity index (χ1n) is 7.34. The third kappa shape index (κ3) is 5.03. The van der Waals surface area contributed by atoms with Crippen LogP contribution in [0, 0.1) is 10.1 Å². The highest BCUT2D eigenvalue weighted by Gasteiger charge is 2.37. The SMILES string of the molecule is NS(=O)(=O)c1ccc(N(CC(F)(F)F)C2CCNCC2)c([N+](=O)[O-])c1. The number of benzene rings is 1. The second kappa shape index (κ2) is 7.14. The van der Waals surface area contributed by atoms with Crippen molar-refractivity contribution >= 4 is 21.4 Å². The molecule has 1 aromatic rings. The van der Waals surface area contributed by atoms with Gasteiger partial charge in [-0.1, -0.05) is 0 Å². The predicted molar refractivity (Wildman–Crippen MR) is 83.8 cm³/mol. The van der Waals surface area contributed by atoms with Crippen LogP contribution in [-0.2, 0) is 10.0 Å². The molecule has 1 fully saturated rings. The number of hydrogen-bond acceptors (Lipinski definition) is 6. The van der Waals surface area contributed by atoms with Crippen LogP contribution in [-0.4, -0.2) is 45.2 Å². The zero-order chi connectivity index (χ0) is 18.8. The van der Waals surface area contributed by atoms with Crippen molar-refractivity contribution in [3.05, 3.63) is 28.3 Å². The van der Waals surface area contributed by atoms with Gasteiger partial charge >= 0.3 is 6.18 Å². The molecule has 12 heteroatoms. The van der Waals surface area contributed by atoms with Crippen molar-refractivity contribution < 1.29 is 26.5 Å². The first-order chi connectivity index (χ1) is 11.5. The molecule has 0 aromatic heterocycles. The lowest BCUT2D eigenvalue weighted by Crippen LogP contribution is -2.47. The van der Waals surface area contributed by atoms with Crippen molar-refractivity contribution in [2.45, 2.75) is 30.0 Å². The molecule has 1 heterocycles. The Morgan fingerprint density at radius 1 is 1.32 bits per heavy atom. The number of nitrogens with zero attached hydrogens (tertiary/aromatic N) is 2. The van der Waals surface area contributed by atoms with E-state index in [2.05, 4.69) is 5.32 Å². The normalized spacial score (nSPS) is 16.6. The van der Waals surface area contributed by atoms with Gasteiger partial charge in [0.05, 0.1) is 9.82 Å². The Morgan fingerprint density at radius 2 is 1.92 bits per heavy atom. The lowest BCUT2D eigenvalue weighted by atomic mass is 10.0. The van der Waals surface area contributed by atoms with Crippen LogP contribution in [0.25, 0.3) is 0 Å². The standard InChI is InChI=1S/C13H17F3N4O4S/c14-13(15,16)8-19(9-3-5-18-6-4-9)11-2-1-10(25(17,23)24)7-12(11)20(21)22/h1-2,7,9,18H,3-6,8H2,(H2,17,23,24). The Bertz CT molecular complexity index is 748. The molecule has 1 aromatic carbocycles. The van der Waals surface area contributed by atoms with E-state index in [1.54, 1.807) is 0 Å². The quantitative estimate of drug-likeness (QED) is 0.586. The van der Waals surface area contributed by atoms with E-state index in [1.807, 2.05) is 0 Å². The zero-order valence-corrected chi connectivity index (χ0v) is 13.8. The van der Waals surface area contributed by atoms with Gasteiger partial charge in [-0.2, -0.15) is 13.2 Å². The van der Waals surface area contributed by atoms with Crippen LogP contribution < -0.4 is 15.4 Å². The summed E-state index contributed by atoms with van der Waals surface area (Å²) in [5.41, 5.74) is -1.00. The van der Waals surface area contributed by atoms with E-state index in [0.29, 0.717) is 32.0 Å². The molecule has 0 atom stereocenters. The molecule has 0 spiro atoms. The number of piperidine rings is 1. The lowest BCUT2D eigenvalue weighted by molar-refractivity contribution is -0.384. The summed E-state index contributed by atoms with van der Waals surface area (Å²) in [5.74, 6) is 0. The molecule has 8 nitrogen and oxygen atoms in total. The first-order valence-corrected chi connectivity index (χ1v) is 8.89. The number of nitrogens with one attached hydrogen (secondary N) is 1. The molecule has 2 rings (SSSR count). The van der Waals surface area contributed by atoms with Gasteiger partial charge in [-0.15, -0.1) is 0 Å². The molecule has 0 aliphatic carbocycles. The van der Waals surface area contributed by atoms with Gasteiger partial charge < -0.3 is 10.2 Å². The fraction of sp³-hybridized carbons (Fsp3) is 0.538. The van der Waals surface area contributed by atoms with Gasteiger partial charge in [0.2, 0.25) is 10.0 Å². The van der Waals surface area contributed by atoms with E-state index in [1.165, 1.54) is 0 Å². The van der Waals surface area contributed by atoms with Crippen molar-refractivity contribution in [3.8, 4) is 0 Å². The number of rotatable bonds is 5. The number of nitro benzene ring substituents is 1. The van der Waals surface area contributed by atoms with Crippen LogP contribution in [0.5, 0.6) is 0 Å². The number of hydrogen-bond donors (Lipinski definition) is 2. The van der Waals surface area contributed by atoms with E-state index < -0.39 is 44.3 Å². The average molecular weight is 382 g/mol. The van der Waals surface area contributed by atoms with Crippen LogP contribution in [0.3, 0.4) is 0 Å². The minimum Gasteiger partial charge on any atom is -0.354 e. The number of primary sulfonamides is 1. The van der Waals surface area contributed by atoms with E-state index >= 15 is 0 Å². The molecule has 25 heavy (non-hydrogen) atoms. The third-order valence-corrected chi connectivity index (χ3v) is 4.79. The molecule has 0 radical (unpaired) electrons. The number of nitro groups is 1. The summed E-state index contributed by atoms with van der Waals surface area (Å²) < 4.78 is 61.8. The van der Waals surface area contributed by atoms with Crippen LogP contribution in [0.15, 0.2) is 23.1 Å². The molecular weight excluding hydrogens is 365 g/mol. The number of nitrogens with two attached hydrogens (primary N) is 1. The summed E-state index contributed by atoms with van der Waals surface area (Å²) in [6.45, 7) is -0.391. The Morgan fingerprint density at radius 3 is 2.40 bits per heavy atom. The van der Waals surface area contributed by atoms with Gasteiger partial charge in [0.15, 0.2) is 0 Å². The van der Waals surface area contributed by atoms with E-state index in [4.69, 9.17) is 5.14 Å². The molecular formula is C13H17F3N4O4S. The maximum atomic E-state index is 13.0. The van der Waals surface area contributed by atoms with Crippen molar-refractivity contribution in [2.24, 2.45) is 5.14 Å². The summed E-state index contributed by atoms with van der Waals surface area (Å²) in [6.07, 6.45) is -3.81. The van der Waals surface area contributed by atoms with Crippen molar-refractivity contribution in [1.29, 1.82) is 0 Å². The van der Waals surface area contributed by atoms with Crippen molar-refractivity contribution in [2.75, 3.05) is 24.5 Å². The molecule has 0 saturated carbocycles. The molecule has 0 unspecified atom stereocenters. The predicted octanol–water partition coefficient (Wildman–Crippen LogP) is 1.36. The van der Waals surface area contributed by atoms with Crippen LogP contribution in [0.1, 0.15) is 12.8 Å². The Labute approximate surface area is 142 Å². The zero-order valence-electron chi connectivity index (χ0n) is 13.0. The summed E-state index contributed by atoms with van der Waals surface area (Å²) in [5, 5.41) is 19.3. The Hall–Kier alpha value is -1.92. The average Bonchev–Trinajstić information content (AvgIpc) is 2.51. The number of alkyl halides is 3. The van der Waals surface area contributed by atoms with Gasteiger partial charge in [0.1, 0.15) is 12.2 Å². The van der Waals surface area contributed by atoms with Crippen molar-refractivity contribution in [1.82, 2.24) is 5.32 Å². The maximum absolute atomic E-state index is 13.0. The van der Waals surface area contributed by atoms with Gasteiger partial charge in [-0.25, -0.2) is 13.6 Å². The highest BCUT2D eigenvalue weighted by atomic mass is 32.2. The number of halogens is 3. The molecule has 0 amide bonds. The van der Waals surface area contributed by atoms with E-state index in [9.17, 15) is 31.7 Å². The van der Waals surface area contributed by atoms with Crippen LogP contribution >= 0.6 is 0 Å². The smallest absolute Gasteiger partial charge is 0.354 e. The van der Waals surface area contributed by atoms with Crippen molar-refractivity contribution in [3.63, 3.8) is 0 Å². The number of sulfonamides is 1. The summed E-state index contributed by atoms with van der Waals surface area (Å²) in [4.78, 5) is 10.8. The molecule has 1 aliphatic heterocycles. The minimum absolute atomic E-state index is 0.276. The maximum Gasteiger partial charge on any atom is 0.405 e. The minimum atomic E-state index is -4.57. The lowest BCUT2D eigenvalue weighted by Gasteiger charge is -2.36. The molecule has 1 saturated heterocycles. The van der Waals surface area contributed by atoms with Gasteiger partial charge in [-0.3, -0.25) is 10.1 Å². The molecule has 3 N–H and O–H groups in total. The highest BCUT2D eigenvalue weighted by Crippen LogP contribution is 2.35. The fourth-order valence-electron chi connectivity index (χ4n) is 2.79. The Kier molecular flexibility index (Phi) is 5.54.